The molecule has 1 fully saturated rings. The lowest BCUT2D eigenvalue weighted by molar-refractivity contribution is -0.116. The van der Waals surface area contributed by atoms with Crippen molar-refractivity contribution in [3.8, 4) is 0 Å². The lowest BCUT2D eigenvalue weighted by atomic mass is 10.1. The molecule has 2 nitrogen and oxygen atoms in total. The van der Waals surface area contributed by atoms with Gasteiger partial charge in [0.15, 0.2) is 0 Å². The first-order valence-corrected chi connectivity index (χ1v) is 4.12. The summed E-state index contributed by atoms with van der Waals surface area (Å²) >= 11 is 3.36. The minimum atomic E-state index is -4.40. The van der Waals surface area contributed by atoms with Crippen LogP contribution in [0.25, 0.3) is 0 Å². The summed E-state index contributed by atoms with van der Waals surface area (Å²) in [7, 11) is 0. The van der Waals surface area contributed by atoms with Crippen LogP contribution < -0.4 is 4.72 Å². The lowest BCUT2D eigenvalue weighted by Gasteiger charge is -2.09. The standard InChI is InChI=1S/C7H8F3NOS/c8-7(9,10)5(4-1-2-4)3-6(12)11-13/h3-4,13H,1-2H2,(H,11,12). The summed E-state index contributed by atoms with van der Waals surface area (Å²) in [5.41, 5.74) is -0.751. The average Bonchev–Trinajstić information content (AvgIpc) is 2.80. The number of allylic oxidation sites excluding steroid dienone is 1. The molecule has 1 amide bonds. The average molecular weight is 211 g/mol. The van der Waals surface area contributed by atoms with Crippen molar-refractivity contribution in [1.82, 2.24) is 4.72 Å². The molecule has 0 aromatic rings. The SMILES string of the molecule is O=C(C=C(C1CC1)C(F)(F)F)NS. The Morgan fingerprint density at radius 2 is 2.00 bits per heavy atom. The molecule has 74 valence electrons. The maximum atomic E-state index is 12.2. The van der Waals surface area contributed by atoms with E-state index in [1.54, 1.807) is 0 Å². The molecule has 0 aliphatic heterocycles. The van der Waals surface area contributed by atoms with Gasteiger partial charge in [0.1, 0.15) is 0 Å². The molecule has 1 aliphatic carbocycles. The number of halogens is 3. The minimum Gasteiger partial charge on any atom is -0.299 e. The molecule has 0 heterocycles. The Kier molecular flexibility index (Phi) is 2.90. The van der Waals surface area contributed by atoms with Crippen LogP contribution in [0, 0.1) is 5.92 Å². The van der Waals surface area contributed by atoms with E-state index in [0.29, 0.717) is 18.9 Å². The molecule has 0 bridgehead atoms. The monoisotopic (exact) mass is 211 g/mol. The van der Waals surface area contributed by atoms with Crippen molar-refractivity contribution in [2.75, 3.05) is 0 Å². The van der Waals surface area contributed by atoms with Crippen molar-refractivity contribution < 1.29 is 18.0 Å². The third-order valence-electron chi connectivity index (χ3n) is 1.74. The quantitative estimate of drug-likeness (QED) is 0.529. The van der Waals surface area contributed by atoms with Crippen LogP contribution in [0.2, 0.25) is 0 Å². The second-order valence-corrected chi connectivity index (χ2v) is 3.07. The third-order valence-corrected chi connectivity index (χ3v) is 1.96. The first-order valence-electron chi connectivity index (χ1n) is 3.68. The van der Waals surface area contributed by atoms with Crippen LogP contribution in [0.4, 0.5) is 13.2 Å². The van der Waals surface area contributed by atoms with Crippen LogP contribution in [0.15, 0.2) is 11.6 Å². The van der Waals surface area contributed by atoms with Gasteiger partial charge in [-0.1, -0.05) is 12.8 Å². The maximum Gasteiger partial charge on any atom is 0.413 e. The summed E-state index contributed by atoms with van der Waals surface area (Å²) in [6, 6.07) is 0. The summed E-state index contributed by atoms with van der Waals surface area (Å²) in [6.07, 6.45) is -2.82. The second kappa shape index (κ2) is 3.61. The fraction of sp³-hybridized carbons (Fsp3) is 0.571. The summed E-state index contributed by atoms with van der Waals surface area (Å²) in [4.78, 5) is 10.6. The number of thiol groups is 1. The van der Waals surface area contributed by atoms with Gasteiger partial charge in [-0.15, -0.1) is 0 Å². The highest BCUT2D eigenvalue weighted by Crippen LogP contribution is 2.44. The number of alkyl halides is 3. The maximum absolute atomic E-state index is 12.2. The highest BCUT2D eigenvalue weighted by molar-refractivity contribution is 7.78. The van der Waals surface area contributed by atoms with Gasteiger partial charge in [0.2, 0.25) is 0 Å². The number of hydrogen-bond acceptors (Lipinski definition) is 2. The number of hydrogen-bond donors (Lipinski definition) is 2. The van der Waals surface area contributed by atoms with E-state index >= 15 is 0 Å². The minimum absolute atomic E-state index is 0.495. The fourth-order valence-electron chi connectivity index (χ4n) is 0.999. The van der Waals surface area contributed by atoms with Crippen molar-refractivity contribution in [2.24, 2.45) is 5.92 Å². The van der Waals surface area contributed by atoms with Gasteiger partial charge in [-0.25, -0.2) is 0 Å². The van der Waals surface area contributed by atoms with Gasteiger partial charge in [0, 0.05) is 11.6 Å². The molecule has 0 spiro atoms. The Bertz CT molecular complexity index is 245. The van der Waals surface area contributed by atoms with E-state index in [1.807, 2.05) is 4.72 Å². The zero-order valence-corrected chi connectivity index (χ0v) is 7.45. The van der Waals surface area contributed by atoms with Crippen molar-refractivity contribution in [3.63, 3.8) is 0 Å². The first kappa shape index (κ1) is 10.4. The molecule has 0 atom stereocenters. The van der Waals surface area contributed by atoms with E-state index in [1.165, 1.54) is 0 Å². The van der Waals surface area contributed by atoms with Gasteiger partial charge in [0.05, 0.1) is 0 Å². The molecule has 13 heavy (non-hydrogen) atoms. The third kappa shape index (κ3) is 2.95. The highest BCUT2D eigenvalue weighted by atomic mass is 32.1. The molecule has 6 heteroatoms. The normalized spacial score (nSPS) is 18.6. The molecular formula is C7H8F3NOS. The number of carbonyl (C=O) groups is 1. The van der Waals surface area contributed by atoms with E-state index in [4.69, 9.17) is 0 Å². The van der Waals surface area contributed by atoms with Gasteiger partial charge in [-0.05, 0) is 18.8 Å². The predicted octanol–water partition coefficient (Wildman–Crippen LogP) is 1.85. The zero-order valence-electron chi connectivity index (χ0n) is 6.56. The Morgan fingerprint density at radius 3 is 2.31 bits per heavy atom. The molecule has 1 aliphatic rings. The van der Waals surface area contributed by atoms with E-state index in [-0.39, 0.29) is 0 Å². The largest absolute Gasteiger partial charge is 0.413 e. The number of carbonyl (C=O) groups excluding carboxylic acids is 1. The molecule has 1 saturated carbocycles. The van der Waals surface area contributed by atoms with Crippen LogP contribution >= 0.6 is 12.8 Å². The fourth-order valence-corrected chi connectivity index (χ4v) is 1.06. The van der Waals surface area contributed by atoms with Crippen molar-refractivity contribution in [2.45, 2.75) is 19.0 Å². The molecule has 0 aromatic carbocycles. The molecular weight excluding hydrogens is 203 g/mol. The summed E-state index contributed by atoms with van der Waals surface area (Å²) in [5, 5.41) is 0. The van der Waals surface area contributed by atoms with Crippen LogP contribution in [-0.4, -0.2) is 12.1 Å². The Balaban J connectivity index is 2.78. The van der Waals surface area contributed by atoms with Crippen LogP contribution in [-0.2, 0) is 4.79 Å². The molecule has 0 unspecified atom stereocenters. The summed E-state index contributed by atoms with van der Waals surface area (Å²) in [6.45, 7) is 0. The Morgan fingerprint density at radius 1 is 1.46 bits per heavy atom. The topological polar surface area (TPSA) is 29.1 Å². The second-order valence-electron chi connectivity index (χ2n) is 2.85. The predicted molar refractivity (Wildman–Crippen MR) is 44.0 cm³/mol. The first-order chi connectivity index (χ1) is 5.95. The number of rotatable bonds is 2. The van der Waals surface area contributed by atoms with E-state index in [0.717, 1.165) is 0 Å². The van der Waals surface area contributed by atoms with E-state index in [2.05, 4.69) is 12.8 Å². The van der Waals surface area contributed by atoms with Gasteiger partial charge in [-0.2, -0.15) is 13.2 Å². The van der Waals surface area contributed by atoms with Crippen molar-refractivity contribution in [1.29, 1.82) is 0 Å². The van der Waals surface area contributed by atoms with Crippen LogP contribution in [0.5, 0.6) is 0 Å². The van der Waals surface area contributed by atoms with Gasteiger partial charge >= 0.3 is 6.18 Å². The van der Waals surface area contributed by atoms with E-state index in [9.17, 15) is 18.0 Å². The number of nitrogens with one attached hydrogen (secondary N) is 1. The summed E-state index contributed by atoms with van der Waals surface area (Å²) in [5.74, 6) is -1.33. The van der Waals surface area contributed by atoms with Gasteiger partial charge < -0.3 is 0 Å². The van der Waals surface area contributed by atoms with E-state index < -0.39 is 23.6 Å². The molecule has 1 rings (SSSR count). The Labute approximate surface area is 78.7 Å². The molecule has 0 radical (unpaired) electrons. The highest BCUT2D eigenvalue weighted by Gasteiger charge is 2.43. The smallest absolute Gasteiger partial charge is 0.299 e. The van der Waals surface area contributed by atoms with Gasteiger partial charge in [0.25, 0.3) is 5.91 Å². The summed E-state index contributed by atoms with van der Waals surface area (Å²) < 4.78 is 38.5. The van der Waals surface area contributed by atoms with Crippen LogP contribution in [0.3, 0.4) is 0 Å². The van der Waals surface area contributed by atoms with Gasteiger partial charge in [-0.3, -0.25) is 9.52 Å². The van der Waals surface area contributed by atoms with Crippen LogP contribution in [0.1, 0.15) is 12.8 Å². The lowest BCUT2D eigenvalue weighted by Crippen LogP contribution is -2.18. The van der Waals surface area contributed by atoms with Crippen molar-refractivity contribution in [3.05, 3.63) is 11.6 Å². The number of amides is 1. The Hall–Kier alpha value is -0.650. The zero-order chi connectivity index (χ0) is 10.1. The molecule has 0 saturated heterocycles. The van der Waals surface area contributed by atoms with Crippen molar-refractivity contribution >= 4 is 18.7 Å². The molecule has 0 aromatic heterocycles. The molecule has 1 N–H and O–H groups in total.